The second-order valence-corrected chi connectivity index (χ2v) is 14.7. The van der Waals surface area contributed by atoms with Crippen molar-refractivity contribution in [2.24, 2.45) is 0 Å². The number of nitrogens with zero attached hydrogens (tertiary/aromatic N) is 1. The lowest BCUT2D eigenvalue weighted by Crippen LogP contribution is -2.17. The van der Waals surface area contributed by atoms with Gasteiger partial charge in [-0.25, -0.2) is 0 Å². The number of para-hydroxylation sites is 1. The number of anilines is 3. The second-order valence-electron chi connectivity index (χ2n) is 14.7. The van der Waals surface area contributed by atoms with Crippen LogP contribution in [0.3, 0.4) is 0 Å². The molecule has 11 rings (SSSR count). The van der Waals surface area contributed by atoms with E-state index in [2.05, 4.69) is 164 Å². The van der Waals surface area contributed by atoms with Gasteiger partial charge in [-0.2, -0.15) is 0 Å². The predicted molar refractivity (Wildman–Crippen MR) is 215 cm³/mol. The first-order valence-electron chi connectivity index (χ1n) is 18.2. The highest BCUT2D eigenvalue weighted by Gasteiger charge is 2.39. The Bertz CT molecular complexity index is 2760. The van der Waals surface area contributed by atoms with Crippen LogP contribution in [0, 0.1) is 0 Å². The van der Waals surface area contributed by atoms with Crippen LogP contribution in [0.4, 0.5) is 17.1 Å². The third kappa shape index (κ3) is 4.08. The van der Waals surface area contributed by atoms with E-state index >= 15 is 0 Å². The lowest BCUT2D eigenvalue weighted by molar-refractivity contribution is 0.172. The average molecular weight is 670 g/mol. The maximum atomic E-state index is 6.41. The number of hydrogen-bond donors (Lipinski definition) is 0. The van der Waals surface area contributed by atoms with Crippen LogP contribution in [0.1, 0.15) is 25.0 Å². The molecule has 2 aliphatic carbocycles. The van der Waals surface area contributed by atoms with Gasteiger partial charge in [0, 0.05) is 27.7 Å². The van der Waals surface area contributed by atoms with E-state index < -0.39 is 0 Å². The molecule has 0 spiro atoms. The van der Waals surface area contributed by atoms with Crippen molar-refractivity contribution in [1.82, 2.24) is 0 Å². The van der Waals surface area contributed by atoms with Crippen molar-refractivity contribution in [1.29, 1.82) is 0 Å². The van der Waals surface area contributed by atoms with Crippen LogP contribution in [-0.4, -0.2) is 13.2 Å². The Balaban J connectivity index is 1.24. The first-order chi connectivity index (χ1) is 25.6. The second kappa shape index (κ2) is 10.8. The Morgan fingerprint density at radius 2 is 1.17 bits per heavy atom. The molecule has 248 valence electrons. The minimum Gasteiger partial charge on any atom is -0.486 e. The molecule has 0 fully saturated rings. The molecule has 0 atom stereocenters. The average Bonchev–Trinajstić information content (AvgIpc) is 3.64. The fourth-order valence-electron chi connectivity index (χ4n) is 9.16. The molecular formula is C49H35NO2. The van der Waals surface area contributed by atoms with Gasteiger partial charge in [-0.3, -0.25) is 0 Å². The summed E-state index contributed by atoms with van der Waals surface area (Å²) in [5.74, 6) is 1.61. The molecule has 0 N–H and O–H groups in total. The van der Waals surface area contributed by atoms with Gasteiger partial charge in [0.25, 0.3) is 0 Å². The maximum Gasteiger partial charge on any atom is 0.169 e. The van der Waals surface area contributed by atoms with E-state index in [9.17, 15) is 0 Å². The third-order valence-electron chi connectivity index (χ3n) is 11.5. The highest BCUT2D eigenvalue weighted by molar-refractivity contribution is 6.19. The summed E-state index contributed by atoms with van der Waals surface area (Å²) in [6, 6.07) is 55.8. The Labute approximate surface area is 303 Å². The summed E-state index contributed by atoms with van der Waals surface area (Å²) in [5.41, 5.74) is 15.7. The zero-order chi connectivity index (χ0) is 34.6. The molecule has 0 aromatic heterocycles. The zero-order valence-electron chi connectivity index (χ0n) is 29.1. The fraction of sp³-hybridized carbons (Fsp3) is 0.102. The molecule has 1 aliphatic heterocycles. The Kier molecular flexibility index (Phi) is 6.13. The van der Waals surface area contributed by atoms with E-state index in [1.807, 2.05) is 6.07 Å². The van der Waals surface area contributed by atoms with Crippen molar-refractivity contribution >= 4 is 38.6 Å². The smallest absolute Gasteiger partial charge is 0.169 e. The normalized spacial score (nSPS) is 14.3. The molecule has 8 aromatic rings. The first-order valence-corrected chi connectivity index (χ1v) is 18.2. The molecule has 0 radical (unpaired) electrons. The number of rotatable bonds is 4. The number of ether oxygens (including phenoxy) is 2. The van der Waals surface area contributed by atoms with Gasteiger partial charge < -0.3 is 14.4 Å². The summed E-state index contributed by atoms with van der Waals surface area (Å²) in [4.78, 5) is 2.48. The van der Waals surface area contributed by atoms with Crippen molar-refractivity contribution < 1.29 is 9.47 Å². The highest BCUT2D eigenvalue weighted by atomic mass is 16.6. The minimum absolute atomic E-state index is 0.221. The van der Waals surface area contributed by atoms with Gasteiger partial charge in [-0.1, -0.05) is 129 Å². The molecule has 0 amide bonds. The largest absolute Gasteiger partial charge is 0.486 e. The van der Waals surface area contributed by atoms with Crippen LogP contribution >= 0.6 is 0 Å². The molecule has 0 saturated carbocycles. The van der Waals surface area contributed by atoms with Crippen LogP contribution in [0.5, 0.6) is 11.5 Å². The van der Waals surface area contributed by atoms with Gasteiger partial charge in [0.15, 0.2) is 11.5 Å². The Morgan fingerprint density at radius 3 is 2.04 bits per heavy atom. The zero-order valence-corrected chi connectivity index (χ0v) is 29.1. The van der Waals surface area contributed by atoms with Crippen molar-refractivity contribution in [3.05, 3.63) is 163 Å². The standard InChI is InChI=1S/C49H35NO2/c1-49(2)42-19-8-7-15-39(42)47-41(38-17-10-20-45-48(38)52-26-25-51-45)28-33(29-43(47)49)50(32-22-21-30-11-3-4-12-31(30)27-32)44-24-23-37-35-14-6-5-13-34(35)36-16-9-18-40(44)46(36)37/h3-24,27-29H,25-26H2,1-2H3. The van der Waals surface area contributed by atoms with Gasteiger partial charge in [0.1, 0.15) is 13.2 Å². The van der Waals surface area contributed by atoms with Crippen LogP contribution in [0.2, 0.25) is 0 Å². The van der Waals surface area contributed by atoms with E-state index in [0.29, 0.717) is 13.2 Å². The van der Waals surface area contributed by atoms with E-state index in [0.717, 1.165) is 39.7 Å². The summed E-state index contributed by atoms with van der Waals surface area (Å²) < 4.78 is 12.5. The fourth-order valence-corrected chi connectivity index (χ4v) is 9.16. The molecule has 3 nitrogen and oxygen atoms in total. The molecular weight excluding hydrogens is 635 g/mol. The van der Waals surface area contributed by atoms with E-state index in [1.54, 1.807) is 0 Å². The molecule has 0 unspecified atom stereocenters. The van der Waals surface area contributed by atoms with Gasteiger partial charge in [-0.05, 0) is 103 Å². The molecule has 3 aliphatic rings. The summed E-state index contributed by atoms with van der Waals surface area (Å²) in [5, 5.41) is 4.98. The van der Waals surface area contributed by atoms with E-state index in [4.69, 9.17) is 9.47 Å². The molecule has 52 heavy (non-hydrogen) atoms. The predicted octanol–water partition coefficient (Wildman–Crippen LogP) is 12.9. The molecule has 3 heteroatoms. The number of benzene rings is 8. The van der Waals surface area contributed by atoms with Crippen LogP contribution < -0.4 is 14.4 Å². The van der Waals surface area contributed by atoms with Gasteiger partial charge in [0.2, 0.25) is 0 Å². The van der Waals surface area contributed by atoms with Crippen molar-refractivity contribution in [2.75, 3.05) is 18.1 Å². The monoisotopic (exact) mass is 669 g/mol. The third-order valence-corrected chi connectivity index (χ3v) is 11.5. The topological polar surface area (TPSA) is 21.7 Å². The van der Waals surface area contributed by atoms with Crippen LogP contribution in [0.25, 0.3) is 66.1 Å². The van der Waals surface area contributed by atoms with Crippen molar-refractivity contribution in [2.45, 2.75) is 19.3 Å². The summed E-state index contributed by atoms with van der Waals surface area (Å²) >= 11 is 0. The quantitative estimate of drug-likeness (QED) is 0.186. The number of hydrogen-bond acceptors (Lipinski definition) is 3. The Morgan fingerprint density at radius 1 is 0.481 bits per heavy atom. The molecule has 8 aromatic carbocycles. The minimum atomic E-state index is -0.221. The van der Waals surface area contributed by atoms with Crippen molar-refractivity contribution in [3.63, 3.8) is 0 Å². The SMILES string of the molecule is CC1(C)c2ccccc2-c2c(-c3cccc4c3OCCO4)cc(N(c3ccc4ccccc4c3)c3ccc4c5c(cccc35)-c3ccccc3-4)cc21. The lowest BCUT2D eigenvalue weighted by atomic mass is 9.81. The van der Waals surface area contributed by atoms with Gasteiger partial charge in [-0.15, -0.1) is 0 Å². The van der Waals surface area contributed by atoms with Crippen LogP contribution in [0.15, 0.2) is 152 Å². The Hall–Kier alpha value is -6.32. The lowest BCUT2D eigenvalue weighted by Gasteiger charge is -2.31. The molecule has 0 bridgehead atoms. The molecule has 0 saturated heterocycles. The first kappa shape index (κ1) is 29.4. The summed E-state index contributed by atoms with van der Waals surface area (Å²) in [6.07, 6.45) is 0. The number of fused-ring (bicyclic) bond motifs is 8. The van der Waals surface area contributed by atoms with Crippen molar-refractivity contribution in [3.8, 4) is 56.0 Å². The van der Waals surface area contributed by atoms with Gasteiger partial charge in [0.05, 0.1) is 5.69 Å². The van der Waals surface area contributed by atoms with E-state index in [-0.39, 0.29) is 5.41 Å². The van der Waals surface area contributed by atoms with E-state index in [1.165, 1.54) is 66.1 Å². The highest BCUT2D eigenvalue weighted by Crippen LogP contribution is 2.57. The summed E-state index contributed by atoms with van der Waals surface area (Å²) in [7, 11) is 0. The molecule has 1 heterocycles. The summed E-state index contributed by atoms with van der Waals surface area (Å²) in [6.45, 7) is 5.80. The van der Waals surface area contributed by atoms with Gasteiger partial charge >= 0.3 is 0 Å². The maximum absolute atomic E-state index is 6.41. The van der Waals surface area contributed by atoms with Crippen LogP contribution in [-0.2, 0) is 5.41 Å².